The molecule has 3 rings (SSSR count). The molecule has 1 saturated carbocycles. The van der Waals surface area contributed by atoms with Crippen LogP contribution in [0.2, 0.25) is 0 Å². The lowest BCUT2D eigenvalue weighted by Crippen LogP contribution is -1.99. The summed E-state index contributed by atoms with van der Waals surface area (Å²) in [5, 5.41) is -0.00669. The molecule has 1 aliphatic rings. The molecule has 1 atom stereocenters. The highest BCUT2D eigenvalue weighted by Crippen LogP contribution is 2.37. The minimum atomic E-state index is -0.180. The molecule has 0 radical (unpaired) electrons. The number of alkyl halides is 1. The van der Waals surface area contributed by atoms with Crippen LogP contribution < -0.4 is 5.69 Å². The number of benzene rings is 1. The number of fused-ring (bicyclic) bond motifs is 1. The lowest BCUT2D eigenvalue weighted by molar-refractivity contribution is 0.479. The first-order chi connectivity index (χ1) is 9.63. The van der Waals surface area contributed by atoms with Crippen molar-refractivity contribution >= 4 is 38.6 Å². The molecule has 1 unspecified atom stereocenters. The van der Waals surface area contributed by atoms with Gasteiger partial charge in [-0.3, -0.25) is 0 Å². The summed E-state index contributed by atoms with van der Waals surface area (Å²) in [6.07, 6.45) is 7.65. The van der Waals surface area contributed by atoms with Crippen LogP contribution in [-0.2, 0) is 0 Å². The van der Waals surface area contributed by atoms with Crippen LogP contribution >= 0.6 is 27.5 Å². The number of halogens is 2. The van der Waals surface area contributed by atoms with Gasteiger partial charge in [0.15, 0.2) is 0 Å². The molecule has 2 N–H and O–H groups in total. The molecule has 0 saturated heterocycles. The molecule has 1 fully saturated rings. The van der Waals surface area contributed by atoms with Crippen molar-refractivity contribution in [2.75, 3.05) is 0 Å². The van der Waals surface area contributed by atoms with E-state index in [2.05, 4.69) is 25.9 Å². The normalized spacial score (nSPS) is 17.9. The van der Waals surface area contributed by atoms with Crippen LogP contribution in [0, 0.1) is 5.92 Å². The van der Waals surface area contributed by atoms with Gasteiger partial charge in [0.1, 0.15) is 0 Å². The van der Waals surface area contributed by atoms with E-state index in [1.807, 2.05) is 12.1 Å². The van der Waals surface area contributed by atoms with Crippen molar-refractivity contribution in [2.45, 2.75) is 43.9 Å². The fourth-order valence-electron chi connectivity index (χ4n) is 3.15. The lowest BCUT2D eigenvalue weighted by Gasteiger charge is -2.15. The zero-order valence-corrected chi connectivity index (χ0v) is 13.6. The smallest absolute Gasteiger partial charge is 0.306 e. The van der Waals surface area contributed by atoms with E-state index in [0.717, 1.165) is 33.4 Å². The standard InChI is InChI=1S/C15H18BrClN2O/c16-11-8-14-13(18-15(20)19-14)7-10(11)12(17)6-5-9-3-1-2-4-9/h7-9,12H,1-6H2,(H2,18,19,20). The molecule has 0 bridgehead atoms. The molecule has 5 heteroatoms. The minimum absolute atomic E-state index is 0.00669. The van der Waals surface area contributed by atoms with Gasteiger partial charge < -0.3 is 9.97 Å². The summed E-state index contributed by atoms with van der Waals surface area (Å²) in [4.78, 5) is 16.9. The Balaban J connectivity index is 1.77. The molecule has 0 spiro atoms. The maximum absolute atomic E-state index is 11.3. The van der Waals surface area contributed by atoms with E-state index in [-0.39, 0.29) is 11.1 Å². The zero-order valence-electron chi connectivity index (χ0n) is 11.2. The summed E-state index contributed by atoms with van der Waals surface area (Å²) in [7, 11) is 0. The van der Waals surface area contributed by atoms with Gasteiger partial charge in [-0.25, -0.2) is 4.79 Å². The summed E-state index contributed by atoms with van der Waals surface area (Å²) in [5.74, 6) is 0.853. The van der Waals surface area contributed by atoms with Crippen LogP contribution in [-0.4, -0.2) is 9.97 Å². The largest absolute Gasteiger partial charge is 0.323 e. The molecule has 20 heavy (non-hydrogen) atoms. The predicted octanol–water partition coefficient (Wildman–Crippen LogP) is 4.87. The second-order valence-electron chi connectivity index (χ2n) is 5.69. The van der Waals surface area contributed by atoms with Crippen molar-refractivity contribution < 1.29 is 0 Å². The Bertz CT molecular complexity index is 657. The molecular formula is C15H18BrClN2O. The minimum Gasteiger partial charge on any atom is -0.306 e. The predicted molar refractivity (Wildman–Crippen MR) is 86.4 cm³/mol. The van der Waals surface area contributed by atoms with E-state index in [1.165, 1.54) is 32.1 Å². The highest BCUT2D eigenvalue weighted by Gasteiger charge is 2.19. The van der Waals surface area contributed by atoms with E-state index < -0.39 is 0 Å². The first kappa shape index (κ1) is 14.2. The van der Waals surface area contributed by atoms with E-state index >= 15 is 0 Å². The van der Waals surface area contributed by atoms with Crippen LogP contribution in [0.5, 0.6) is 0 Å². The Labute approximate surface area is 131 Å². The number of rotatable bonds is 4. The molecule has 3 nitrogen and oxygen atoms in total. The molecule has 1 aliphatic carbocycles. The number of H-pyrrole nitrogens is 2. The summed E-state index contributed by atoms with van der Waals surface area (Å²) in [5.41, 5.74) is 2.51. The molecule has 1 heterocycles. The van der Waals surface area contributed by atoms with Crippen molar-refractivity contribution in [1.29, 1.82) is 0 Å². The third-order valence-corrected chi connectivity index (χ3v) is 5.41. The van der Waals surface area contributed by atoms with Crippen LogP contribution in [0.3, 0.4) is 0 Å². The van der Waals surface area contributed by atoms with Crippen molar-refractivity contribution in [1.82, 2.24) is 9.97 Å². The average Bonchev–Trinajstić information content (AvgIpc) is 3.03. The van der Waals surface area contributed by atoms with E-state index in [4.69, 9.17) is 11.6 Å². The highest BCUT2D eigenvalue weighted by molar-refractivity contribution is 9.10. The Morgan fingerprint density at radius 3 is 2.60 bits per heavy atom. The van der Waals surface area contributed by atoms with Gasteiger partial charge in [0.05, 0.1) is 16.4 Å². The maximum Gasteiger partial charge on any atom is 0.323 e. The van der Waals surface area contributed by atoms with Crippen molar-refractivity contribution in [2.24, 2.45) is 5.92 Å². The molecule has 0 aliphatic heterocycles. The SMILES string of the molecule is O=c1[nH]c2cc(Br)c(C(Cl)CCC3CCCC3)cc2[nH]1. The fraction of sp³-hybridized carbons (Fsp3) is 0.533. The number of hydrogen-bond acceptors (Lipinski definition) is 1. The first-order valence-electron chi connectivity index (χ1n) is 7.19. The molecule has 2 aromatic rings. The second kappa shape index (κ2) is 5.94. The van der Waals surface area contributed by atoms with Gasteiger partial charge in [-0.2, -0.15) is 0 Å². The van der Waals surface area contributed by atoms with E-state index in [1.54, 1.807) is 0 Å². The third-order valence-electron chi connectivity index (χ3n) is 4.27. The van der Waals surface area contributed by atoms with Gasteiger partial charge in [-0.15, -0.1) is 11.6 Å². The topological polar surface area (TPSA) is 48.6 Å². The number of aromatic amines is 2. The number of aromatic nitrogens is 2. The van der Waals surface area contributed by atoms with Gasteiger partial charge in [0.25, 0.3) is 0 Å². The second-order valence-corrected chi connectivity index (χ2v) is 7.07. The summed E-state index contributed by atoms with van der Waals surface area (Å²) in [6.45, 7) is 0. The van der Waals surface area contributed by atoms with Gasteiger partial charge in [-0.1, -0.05) is 41.6 Å². The molecule has 1 aromatic heterocycles. The van der Waals surface area contributed by atoms with Crippen LogP contribution in [0.4, 0.5) is 0 Å². The summed E-state index contributed by atoms with van der Waals surface area (Å²) >= 11 is 10.1. The lowest BCUT2D eigenvalue weighted by atomic mass is 9.98. The zero-order chi connectivity index (χ0) is 14.1. The monoisotopic (exact) mass is 356 g/mol. The van der Waals surface area contributed by atoms with Crippen molar-refractivity contribution in [3.63, 3.8) is 0 Å². The third kappa shape index (κ3) is 2.96. The van der Waals surface area contributed by atoms with Crippen LogP contribution in [0.15, 0.2) is 21.4 Å². The van der Waals surface area contributed by atoms with Crippen LogP contribution in [0.1, 0.15) is 49.5 Å². The Morgan fingerprint density at radius 2 is 1.90 bits per heavy atom. The Kier molecular flexibility index (Phi) is 4.22. The quantitative estimate of drug-likeness (QED) is 0.754. The number of nitrogens with one attached hydrogen (secondary N) is 2. The number of hydrogen-bond donors (Lipinski definition) is 2. The Morgan fingerprint density at radius 1 is 1.25 bits per heavy atom. The maximum atomic E-state index is 11.3. The van der Waals surface area contributed by atoms with Gasteiger partial charge in [0.2, 0.25) is 0 Å². The first-order valence-corrected chi connectivity index (χ1v) is 8.42. The summed E-state index contributed by atoms with van der Waals surface area (Å²) in [6, 6.07) is 3.90. The van der Waals surface area contributed by atoms with Gasteiger partial charge >= 0.3 is 5.69 Å². The molecule has 1 aromatic carbocycles. The van der Waals surface area contributed by atoms with Crippen LogP contribution in [0.25, 0.3) is 11.0 Å². The van der Waals surface area contributed by atoms with Gasteiger partial charge in [0, 0.05) is 4.47 Å². The van der Waals surface area contributed by atoms with Crippen molar-refractivity contribution in [3.8, 4) is 0 Å². The van der Waals surface area contributed by atoms with E-state index in [0.29, 0.717) is 0 Å². The van der Waals surface area contributed by atoms with Gasteiger partial charge in [-0.05, 0) is 36.5 Å². The average molecular weight is 358 g/mol. The molecule has 0 amide bonds. The number of imidazole rings is 1. The highest BCUT2D eigenvalue weighted by atomic mass is 79.9. The molecular weight excluding hydrogens is 340 g/mol. The van der Waals surface area contributed by atoms with E-state index in [9.17, 15) is 4.79 Å². The Hall–Kier alpha value is -0.740. The summed E-state index contributed by atoms with van der Waals surface area (Å²) < 4.78 is 0.965. The molecule has 108 valence electrons. The fourth-order valence-corrected chi connectivity index (χ4v) is 4.21. The van der Waals surface area contributed by atoms with Crippen molar-refractivity contribution in [3.05, 3.63) is 32.7 Å².